The molecule has 0 atom stereocenters. The van der Waals surface area contributed by atoms with Gasteiger partial charge in [0.05, 0.1) is 11.3 Å². The van der Waals surface area contributed by atoms with Crippen LogP contribution in [0.2, 0.25) is 0 Å². The van der Waals surface area contributed by atoms with Gasteiger partial charge in [-0.15, -0.1) is 0 Å². The molecule has 4 aromatic rings. The fraction of sp³-hybridized carbons (Fsp3) is 0.0769. The van der Waals surface area contributed by atoms with Crippen molar-refractivity contribution < 1.29 is 4.74 Å². The number of aromatic nitrogens is 2. The minimum absolute atomic E-state index is 0.236. The van der Waals surface area contributed by atoms with Gasteiger partial charge in [0.15, 0.2) is 0 Å². The monoisotopic (exact) mass is 394 g/mol. The molecule has 148 valence electrons. The van der Waals surface area contributed by atoms with Gasteiger partial charge in [0.25, 0.3) is 5.56 Å². The number of hydrogen-bond donors (Lipinski definition) is 1. The highest BCUT2D eigenvalue weighted by molar-refractivity contribution is 5.84. The Bertz CT molecular complexity index is 1210. The lowest BCUT2D eigenvalue weighted by Crippen LogP contribution is -2.15. The van der Waals surface area contributed by atoms with Crippen molar-refractivity contribution in [1.82, 2.24) is 10.2 Å². The molecule has 0 fully saturated rings. The molecule has 0 amide bonds. The largest absolute Gasteiger partial charge is 0.488 e. The topological polar surface area (TPSA) is 55.0 Å². The van der Waals surface area contributed by atoms with E-state index in [9.17, 15) is 4.79 Å². The molecule has 1 heterocycles. The number of nitrogens with one attached hydrogen (secondary N) is 1. The van der Waals surface area contributed by atoms with Crippen molar-refractivity contribution in [2.75, 3.05) is 0 Å². The van der Waals surface area contributed by atoms with Gasteiger partial charge in [0.1, 0.15) is 12.4 Å². The molecule has 4 rings (SSSR count). The van der Waals surface area contributed by atoms with Gasteiger partial charge in [-0.25, -0.2) is 5.10 Å². The SMILES string of the molecule is Cc1n[nH]c(=O)c(/C=C/c2ccccc2)c1-c1ccccc1OCc1ccccc1. The standard InChI is InChI=1S/C26H22N2O2/c1-19-25(23(26(29)28-27-19)17-16-20-10-4-2-5-11-20)22-14-8-9-15-24(22)30-18-21-12-6-3-7-13-21/h2-17H,18H2,1H3,(H,28,29)/b17-16+. The maximum atomic E-state index is 12.7. The van der Waals surface area contributed by atoms with E-state index in [0.29, 0.717) is 17.9 Å². The van der Waals surface area contributed by atoms with Crippen LogP contribution in [-0.2, 0) is 6.61 Å². The normalized spacial score (nSPS) is 11.0. The molecule has 4 heteroatoms. The molecule has 0 aliphatic rings. The summed E-state index contributed by atoms with van der Waals surface area (Å²) in [6.45, 7) is 2.34. The van der Waals surface area contributed by atoms with Crippen LogP contribution in [0.5, 0.6) is 5.75 Å². The van der Waals surface area contributed by atoms with Crippen molar-refractivity contribution in [2.45, 2.75) is 13.5 Å². The van der Waals surface area contributed by atoms with Gasteiger partial charge in [0.2, 0.25) is 0 Å². The van der Waals surface area contributed by atoms with Crippen molar-refractivity contribution in [1.29, 1.82) is 0 Å². The van der Waals surface area contributed by atoms with Gasteiger partial charge in [-0.05, 0) is 30.2 Å². The third-order valence-corrected chi connectivity index (χ3v) is 4.84. The van der Waals surface area contributed by atoms with Gasteiger partial charge < -0.3 is 4.74 Å². The lowest BCUT2D eigenvalue weighted by Gasteiger charge is -2.14. The van der Waals surface area contributed by atoms with Gasteiger partial charge in [-0.3, -0.25) is 4.79 Å². The maximum absolute atomic E-state index is 12.7. The Labute approximate surface area is 175 Å². The molecule has 0 bridgehead atoms. The molecule has 0 saturated carbocycles. The summed E-state index contributed by atoms with van der Waals surface area (Å²) in [6.07, 6.45) is 3.77. The summed E-state index contributed by atoms with van der Waals surface area (Å²) in [7, 11) is 0. The first kappa shape index (κ1) is 19.4. The van der Waals surface area contributed by atoms with Crippen LogP contribution in [0.25, 0.3) is 23.3 Å². The molecule has 1 aromatic heterocycles. The zero-order chi connectivity index (χ0) is 20.8. The fourth-order valence-electron chi connectivity index (χ4n) is 3.34. The minimum atomic E-state index is -0.236. The maximum Gasteiger partial charge on any atom is 0.272 e. The molecule has 0 aliphatic heterocycles. The summed E-state index contributed by atoms with van der Waals surface area (Å²) in [5, 5.41) is 6.80. The molecule has 4 nitrogen and oxygen atoms in total. The Kier molecular flexibility index (Phi) is 5.85. The molecular weight excluding hydrogens is 372 g/mol. The Morgan fingerprint density at radius 3 is 2.30 bits per heavy atom. The van der Waals surface area contributed by atoms with Crippen molar-refractivity contribution in [2.24, 2.45) is 0 Å². The summed E-state index contributed by atoms with van der Waals surface area (Å²) in [5.41, 5.74) is 4.77. The summed E-state index contributed by atoms with van der Waals surface area (Å²) >= 11 is 0. The van der Waals surface area contributed by atoms with E-state index in [-0.39, 0.29) is 5.56 Å². The molecule has 0 spiro atoms. The number of para-hydroxylation sites is 1. The molecule has 0 radical (unpaired) electrons. The van der Waals surface area contributed by atoms with Crippen molar-refractivity contribution in [3.05, 3.63) is 118 Å². The Morgan fingerprint density at radius 1 is 0.867 bits per heavy atom. The van der Waals surface area contributed by atoms with Crippen LogP contribution in [0.4, 0.5) is 0 Å². The van der Waals surface area contributed by atoms with E-state index in [4.69, 9.17) is 4.74 Å². The fourth-order valence-corrected chi connectivity index (χ4v) is 3.34. The first-order valence-electron chi connectivity index (χ1n) is 9.81. The molecular formula is C26H22N2O2. The van der Waals surface area contributed by atoms with E-state index < -0.39 is 0 Å². The van der Waals surface area contributed by atoms with Crippen LogP contribution in [0.15, 0.2) is 89.7 Å². The van der Waals surface area contributed by atoms with Crippen LogP contribution < -0.4 is 10.3 Å². The highest BCUT2D eigenvalue weighted by Gasteiger charge is 2.16. The lowest BCUT2D eigenvalue weighted by molar-refractivity contribution is 0.307. The second-order valence-corrected chi connectivity index (χ2v) is 6.94. The number of H-pyrrole nitrogens is 1. The average Bonchev–Trinajstić information content (AvgIpc) is 2.80. The minimum Gasteiger partial charge on any atom is -0.488 e. The summed E-state index contributed by atoms with van der Waals surface area (Å²) < 4.78 is 6.13. The van der Waals surface area contributed by atoms with Gasteiger partial charge in [0, 0.05) is 11.1 Å². The number of aromatic amines is 1. The predicted molar refractivity (Wildman–Crippen MR) is 121 cm³/mol. The van der Waals surface area contributed by atoms with Crippen molar-refractivity contribution >= 4 is 12.2 Å². The first-order valence-corrected chi connectivity index (χ1v) is 9.81. The summed E-state index contributed by atoms with van der Waals surface area (Å²) in [5.74, 6) is 0.714. The van der Waals surface area contributed by atoms with E-state index in [0.717, 1.165) is 27.9 Å². The van der Waals surface area contributed by atoms with Crippen LogP contribution in [0.1, 0.15) is 22.4 Å². The molecule has 1 N–H and O–H groups in total. The van der Waals surface area contributed by atoms with Crippen LogP contribution in [0, 0.1) is 6.92 Å². The van der Waals surface area contributed by atoms with E-state index in [2.05, 4.69) is 10.2 Å². The Hall–Kier alpha value is -3.92. The van der Waals surface area contributed by atoms with Crippen LogP contribution >= 0.6 is 0 Å². The molecule has 0 saturated heterocycles. The molecule has 0 unspecified atom stereocenters. The number of ether oxygens (including phenoxy) is 1. The smallest absolute Gasteiger partial charge is 0.272 e. The van der Waals surface area contributed by atoms with E-state index in [1.165, 1.54) is 0 Å². The third kappa shape index (κ3) is 4.39. The van der Waals surface area contributed by atoms with Crippen LogP contribution in [-0.4, -0.2) is 10.2 Å². The molecule has 30 heavy (non-hydrogen) atoms. The number of nitrogens with zero attached hydrogens (tertiary/aromatic N) is 1. The van der Waals surface area contributed by atoms with Crippen molar-refractivity contribution in [3.8, 4) is 16.9 Å². The summed E-state index contributed by atoms with van der Waals surface area (Å²) in [4.78, 5) is 12.7. The highest BCUT2D eigenvalue weighted by atomic mass is 16.5. The quantitative estimate of drug-likeness (QED) is 0.470. The third-order valence-electron chi connectivity index (χ3n) is 4.84. The van der Waals surface area contributed by atoms with E-state index in [1.54, 1.807) is 0 Å². The number of hydrogen-bond acceptors (Lipinski definition) is 3. The van der Waals surface area contributed by atoms with E-state index in [1.807, 2.05) is 104 Å². The summed E-state index contributed by atoms with van der Waals surface area (Å²) in [6, 6.07) is 27.6. The lowest BCUT2D eigenvalue weighted by atomic mass is 9.98. The zero-order valence-electron chi connectivity index (χ0n) is 16.7. The van der Waals surface area contributed by atoms with Gasteiger partial charge in [-0.2, -0.15) is 5.10 Å². The molecule has 3 aromatic carbocycles. The Morgan fingerprint density at radius 2 is 1.53 bits per heavy atom. The Balaban J connectivity index is 1.75. The predicted octanol–water partition coefficient (Wildman–Crippen LogP) is 5.49. The zero-order valence-corrected chi connectivity index (χ0v) is 16.7. The van der Waals surface area contributed by atoms with Gasteiger partial charge in [-0.1, -0.05) is 84.9 Å². The number of benzene rings is 3. The number of rotatable bonds is 6. The average molecular weight is 394 g/mol. The van der Waals surface area contributed by atoms with Crippen molar-refractivity contribution in [3.63, 3.8) is 0 Å². The molecule has 0 aliphatic carbocycles. The van der Waals surface area contributed by atoms with Crippen LogP contribution in [0.3, 0.4) is 0 Å². The number of aryl methyl sites for hydroxylation is 1. The first-order chi connectivity index (χ1) is 14.7. The van der Waals surface area contributed by atoms with Gasteiger partial charge >= 0.3 is 0 Å². The van der Waals surface area contributed by atoms with E-state index >= 15 is 0 Å². The second kappa shape index (κ2) is 9.05. The second-order valence-electron chi connectivity index (χ2n) is 6.94. The highest BCUT2D eigenvalue weighted by Crippen LogP contribution is 2.34.